The van der Waals surface area contributed by atoms with E-state index in [0.29, 0.717) is 18.1 Å². The first-order valence-electron chi connectivity index (χ1n) is 9.85. The number of urea groups is 1. The standard InChI is InChI=1S/C20H28N6O3/c1-14(18(27)23-20(28)21-3)25-9-11-26(12-10-25)15(2)19-22-17(24-29-19)13-16-7-5-4-6-8-16/h4-8,14-15H,9-13H2,1-3H3,(H2,21,23,27,28)/t14-,15+/m1/s1. The number of rotatable bonds is 6. The lowest BCUT2D eigenvalue weighted by molar-refractivity contribution is -0.125. The molecule has 29 heavy (non-hydrogen) atoms. The monoisotopic (exact) mass is 400 g/mol. The van der Waals surface area contributed by atoms with Gasteiger partial charge in [-0.2, -0.15) is 4.98 Å². The molecule has 0 unspecified atom stereocenters. The Morgan fingerprint density at radius 3 is 2.41 bits per heavy atom. The van der Waals surface area contributed by atoms with Crippen molar-refractivity contribution < 1.29 is 14.1 Å². The summed E-state index contributed by atoms with van der Waals surface area (Å²) in [6, 6.07) is 9.20. The van der Waals surface area contributed by atoms with E-state index in [0.717, 1.165) is 31.7 Å². The van der Waals surface area contributed by atoms with E-state index in [-0.39, 0.29) is 18.0 Å². The molecule has 1 aliphatic rings. The van der Waals surface area contributed by atoms with Crippen molar-refractivity contribution in [2.75, 3.05) is 33.2 Å². The lowest BCUT2D eigenvalue weighted by atomic mass is 10.1. The van der Waals surface area contributed by atoms with Crippen LogP contribution in [0.2, 0.25) is 0 Å². The lowest BCUT2D eigenvalue weighted by Crippen LogP contribution is -2.55. The molecule has 2 N–H and O–H groups in total. The molecule has 1 aliphatic heterocycles. The zero-order valence-electron chi connectivity index (χ0n) is 17.1. The summed E-state index contributed by atoms with van der Waals surface area (Å²) in [4.78, 5) is 32.4. The van der Waals surface area contributed by atoms with Crippen LogP contribution in [0.1, 0.15) is 37.2 Å². The summed E-state index contributed by atoms with van der Waals surface area (Å²) in [6.07, 6.45) is 0.642. The number of nitrogens with zero attached hydrogens (tertiary/aromatic N) is 4. The van der Waals surface area contributed by atoms with Gasteiger partial charge in [0.15, 0.2) is 5.82 Å². The Morgan fingerprint density at radius 2 is 1.76 bits per heavy atom. The first-order valence-corrected chi connectivity index (χ1v) is 9.85. The Hall–Kier alpha value is -2.78. The molecular formula is C20H28N6O3. The van der Waals surface area contributed by atoms with E-state index in [4.69, 9.17) is 4.52 Å². The molecule has 1 aromatic carbocycles. The fourth-order valence-corrected chi connectivity index (χ4v) is 3.40. The first-order chi connectivity index (χ1) is 14.0. The zero-order chi connectivity index (χ0) is 20.8. The number of carbonyl (C=O) groups is 2. The molecule has 0 bridgehead atoms. The van der Waals surface area contributed by atoms with Crippen molar-refractivity contribution in [3.63, 3.8) is 0 Å². The highest BCUT2D eigenvalue weighted by molar-refractivity contribution is 5.96. The van der Waals surface area contributed by atoms with Crippen LogP contribution >= 0.6 is 0 Å². The fourth-order valence-electron chi connectivity index (χ4n) is 3.40. The van der Waals surface area contributed by atoms with Crippen LogP contribution in [-0.2, 0) is 11.2 Å². The van der Waals surface area contributed by atoms with Crippen molar-refractivity contribution in [3.05, 3.63) is 47.6 Å². The van der Waals surface area contributed by atoms with E-state index in [1.165, 1.54) is 7.05 Å². The highest BCUT2D eigenvalue weighted by Crippen LogP contribution is 2.21. The van der Waals surface area contributed by atoms with Gasteiger partial charge in [0.2, 0.25) is 11.8 Å². The van der Waals surface area contributed by atoms with Gasteiger partial charge in [0.1, 0.15) is 0 Å². The first kappa shape index (κ1) is 20.9. The molecule has 1 aromatic heterocycles. The summed E-state index contributed by atoms with van der Waals surface area (Å²) in [5.41, 5.74) is 1.14. The molecule has 2 atom stereocenters. The summed E-state index contributed by atoms with van der Waals surface area (Å²) in [6.45, 7) is 6.85. The maximum Gasteiger partial charge on any atom is 0.321 e. The van der Waals surface area contributed by atoms with Crippen molar-refractivity contribution in [3.8, 4) is 0 Å². The van der Waals surface area contributed by atoms with E-state index in [9.17, 15) is 9.59 Å². The fraction of sp³-hybridized carbons (Fsp3) is 0.500. The lowest BCUT2D eigenvalue weighted by Gasteiger charge is -2.38. The topological polar surface area (TPSA) is 104 Å². The maximum absolute atomic E-state index is 12.1. The Kier molecular flexibility index (Phi) is 6.95. The molecule has 2 heterocycles. The molecule has 0 saturated carbocycles. The van der Waals surface area contributed by atoms with Gasteiger partial charge in [-0.25, -0.2) is 4.79 Å². The number of imide groups is 1. The average molecular weight is 400 g/mol. The quantitative estimate of drug-likeness (QED) is 0.750. The maximum atomic E-state index is 12.1. The molecule has 0 radical (unpaired) electrons. The van der Waals surface area contributed by atoms with Crippen LogP contribution in [0.4, 0.5) is 4.79 Å². The second-order valence-electron chi connectivity index (χ2n) is 7.20. The van der Waals surface area contributed by atoms with E-state index < -0.39 is 6.03 Å². The number of carbonyl (C=O) groups excluding carboxylic acids is 2. The Labute approximate surface area is 170 Å². The number of aromatic nitrogens is 2. The third kappa shape index (κ3) is 5.39. The third-order valence-corrected chi connectivity index (χ3v) is 5.33. The average Bonchev–Trinajstić information content (AvgIpc) is 3.21. The predicted molar refractivity (Wildman–Crippen MR) is 107 cm³/mol. The largest absolute Gasteiger partial charge is 0.341 e. The number of nitrogens with one attached hydrogen (secondary N) is 2. The Morgan fingerprint density at radius 1 is 1.10 bits per heavy atom. The highest BCUT2D eigenvalue weighted by Gasteiger charge is 2.30. The van der Waals surface area contributed by atoms with Gasteiger partial charge < -0.3 is 9.84 Å². The van der Waals surface area contributed by atoms with Gasteiger partial charge in [0.05, 0.1) is 12.1 Å². The molecule has 0 aliphatic carbocycles. The van der Waals surface area contributed by atoms with E-state index >= 15 is 0 Å². The number of amides is 3. The smallest absolute Gasteiger partial charge is 0.321 e. The summed E-state index contributed by atoms with van der Waals surface area (Å²) >= 11 is 0. The van der Waals surface area contributed by atoms with E-state index in [2.05, 4.69) is 37.5 Å². The van der Waals surface area contributed by atoms with Gasteiger partial charge in [0.25, 0.3) is 0 Å². The summed E-state index contributed by atoms with van der Waals surface area (Å²) in [7, 11) is 1.48. The van der Waals surface area contributed by atoms with Gasteiger partial charge in [0, 0.05) is 39.6 Å². The van der Waals surface area contributed by atoms with Crippen molar-refractivity contribution in [2.24, 2.45) is 0 Å². The van der Waals surface area contributed by atoms with Crippen LogP contribution in [-0.4, -0.2) is 71.1 Å². The summed E-state index contributed by atoms with van der Waals surface area (Å²) < 4.78 is 5.50. The highest BCUT2D eigenvalue weighted by atomic mass is 16.5. The van der Waals surface area contributed by atoms with Gasteiger partial charge in [-0.05, 0) is 19.4 Å². The van der Waals surface area contributed by atoms with Crippen LogP contribution < -0.4 is 10.6 Å². The Bertz CT molecular complexity index is 817. The zero-order valence-corrected chi connectivity index (χ0v) is 17.1. The van der Waals surface area contributed by atoms with E-state index in [1.807, 2.05) is 37.3 Å². The van der Waals surface area contributed by atoms with Crippen molar-refractivity contribution in [1.29, 1.82) is 0 Å². The predicted octanol–water partition coefficient (Wildman–Crippen LogP) is 1.18. The molecule has 9 nitrogen and oxygen atoms in total. The SMILES string of the molecule is CNC(=O)NC(=O)[C@@H](C)N1CCN([C@@H](C)c2nc(Cc3ccccc3)no2)CC1. The Balaban J connectivity index is 1.52. The molecule has 9 heteroatoms. The minimum atomic E-state index is -0.489. The van der Waals surface area contributed by atoms with Crippen LogP contribution in [0.25, 0.3) is 0 Å². The van der Waals surface area contributed by atoms with Gasteiger partial charge in [-0.15, -0.1) is 0 Å². The number of piperazine rings is 1. The minimum Gasteiger partial charge on any atom is -0.341 e. The molecule has 3 rings (SSSR count). The summed E-state index contributed by atoms with van der Waals surface area (Å²) in [5.74, 6) is 0.985. The van der Waals surface area contributed by atoms with Crippen molar-refractivity contribution >= 4 is 11.9 Å². The molecule has 0 spiro atoms. The molecular weight excluding hydrogens is 372 g/mol. The van der Waals surface area contributed by atoms with Crippen molar-refractivity contribution in [1.82, 2.24) is 30.6 Å². The third-order valence-electron chi connectivity index (χ3n) is 5.33. The van der Waals surface area contributed by atoms with Crippen LogP contribution in [0.3, 0.4) is 0 Å². The van der Waals surface area contributed by atoms with Gasteiger partial charge in [-0.1, -0.05) is 35.5 Å². The van der Waals surface area contributed by atoms with Gasteiger partial charge >= 0.3 is 6.03 Å². The van der Waals surface area contributed by atoms with E-state index in [1.54, 1.807) is 0 Å². The van der Waals surface area contributed by atoms with Crippen LogP contribution in [0.5, 0.6) is 0 Å². The number of hydrogen-bond acceptors (Lipinski definition) is 7. The minimum absolute atomic E-state index is 0.00387. The van der Waals surface area contributed by atoms with Crippen molar-refractivity contribution in [2.45, 2.75) is 32.4 Å². The molecule has 2 aromatic rings. The van der Waals surface area contributed by atoms with Crippen LogP contribution in [0.15, 0.2) is 34.9 Å². The number of hydrogen-bond donors (Lipinski definition) is 2. The van der Waals surface area contributed by atoms with Gasteiger partial charge in [-0.3, -0.25) is 19.9 Å². The number of benzene rings is 1. The molecule has 156 valence electrons. The summed E-state index contributed by atoms with van der Waals surface area (Å²) in [5, 5.41) is 8.84. The molecule has 1 fully saturated rings. The normalized spacial score (nSPS) is 17.5. The molecule has 1 saturated heterocycles. The molecule has 3 amide bonds. The second-order valence-corrected chi connectivity index (χ2v) is 7.20. The van der Waals surface area contributed by atoms with Crippen LogP contribution in [0, 0.1) is 0 Å². The second kappa shape index (κ2) is 9.62.